The molecule has 1 fully saturated rings. The van der Waals surface area contributed by atoms with E-state index in [2.05, 4.69) is 10.6 Å². The van der Waals surface area contributed by atoms with Gasteiger partial charge in [-0.2, -0.15) is 11.8 Å². The third kappa shape index (κ3) is 7.25. The number of likely N-dealkylation sites (tertiary alicyclic amines) is 1. The lowest BCUT2D eigenvalue weighted by Crippen LogP contribution is -2.56. The van der Waals surface area contributed by atoms with E-state index in [-0.39, 0.29) is 18.9 Å². The highest BCUT2D eigenvalue weighted by Gasteiger charge is 2.38. The molecule has 1 aliphatic heterocycles. The molecule has 1 aromatic rings. The van der Waals surface area contributed by atoms with Crippen LogP contribution in [0.5, 0.6) is 0 Å². The maximum absolute atomic E-state index is 13.1. The van der Waals surface area contributed by atoms with Crippen molar-refractivity contribution in [2.24, 2.45) is 5.73 Å². The highest BCUT2D eigenvalue weighted by Crippen LogP contribution is 2.20. The number of thioether (sulfide) groups is 1. The molecule has 0 aromatic heterocycles. The van der Waals surface area contributed by atoms with Gasteiger partial charge in [0, 0.05) is 13.0 Å². The van der Waals surface area contributed by atoms with E-state index >= 15 is 0 Å². The second-order valence-corrected chi connectivity index (χ2v) is 8.37. The summed E-state index contributed by atoms with van der Waals surface area (Å²) in [5, 5.41) is 14.8. The number of nitrogens with zero attached hydrogens (tertiary/aromatic N) is 1. The fourth-order valence-corrected chi connectivity index (χ4v) is 4.04. The molecule has 0 spiro atoms. The topological polar surface area (TPSA) is 142 Å². The highest BCUT2D eigenvalue weighted by molar-refractivity contribution is 7.98. The van der Waals surface area contributed by atoms with Gasteiger partial charge >= 0.3 is 5.97 Å². The highest BCUT2D eigenvalue weighted by atomic mass is 32.2. The molecular weight excluding hydrogens is 420 g/mol. The number of hydrogen-bond acceptors (Lipinski definition) is 6. The van der Waals surface area contributed by atoms with E-state index < -0.39 is 35.9 Å². The molecule has 2 rings (SSSR count). The number of aliphatic carboxylic acids is 1. The standard InChI is InChI=1S/C21H30N4O5S/c1-31-11-9-15(23-18(26)13-22)20(28)25-10-5-8-17(25)19(27)24-16(21(29)30)12-14-6-3-2-4-7-14/h2-4,6-7,15-17H,5,8-13,22H2,1H3,(H,23,26)(H,24,27)(H,29,30). The number of carboxylic acid groups (broad SMARTS) is 1. The average molecular weight is 451 g/mol. The van der Waals surface area contributed by atoms with Crippen molar-refractivity contribution in [1.29, 1.82) is 0 Å². The van der Waals surface area contributed by atoms with Gasteiger partial charge in [0.15, 0.2) is 0 Å². The van der Waals surface area contributed by atoms with E-state index in [1.165, 1.54) is 4.90 Å². The summed E-state index contributed by atoms with van der Waals surface area (Å²) < 4.78 is 0. The molecule has 170 valence electrons. The molecule has 0 aliphatic carbocycles. The molecule has 1 heterocycles. The fraction of sp³-hybridized carbons (Fsp3) is 0.524. The molecule has 0 saturated carbocycles. The van der Waals surface area contributed by atoms with Crippen LogP contribution in [-0.4, -0.2) is 76.9 Å². The summed E-state index contributed by atoms with van der Waals surface area (Å²) >= 11 is 1.55. The number of rotatable bonds is 11. The summed E-state index contributed by atoms with van der Waals surface area (Å²) in [6, 6.07) is 6.39. The molecular formula is C21H30N4O5S. The number of amides is 3. The van der Waals surface area contributed by atoms with Crippen LogP contribution in [0.25, 0.3) is 0 Å². The lowest BCUT2D eigenvalue weighted by molar-refractivity contribution is -0.144. The van der Waals surface area contributed by atoms with Crippen molar-refractivity contribution >= 4 is 35.5 Å². The SMILES string of the molecule is CSCCC(NC(=O)CN)C(=O)N1CCCC1C(=O)NC(Cc1ccccc1)C(=O)O. The second kappa shape index (κ2) is 12.3. The lowest BCUT2D eigenvalue weighted by Gasteiger charge is -2.29. The van der Waals surface area contributed by atoms with Gasteiger partial charge < -0.3 is 26.4 Å². The van der Waals surface area contributed by atoms with Crippen LogP contribution >= 0.6 is 11.8 Å². The zero-order chi connectivity index (χ0) is 22.8. The quantitative estimate of drug-likeness (QED) is 0.371. The normalized spacial score (nSPS) is 17.6. The first kappa shape index (κ1) is 24.7. The van der Waals surface area contributed by atoms with Gasteiger partial charge in [0.2, 0.25) is 17.7 Å². The van der Waals surface area contributed by atoms with E-state index in [0.29, 0.717) is 31.6 Å². The molecule has 10 heteroatoms. The minimum atomic E-state index is -1.14. The van der Waals surface area contributed by atoms with Gasteiger partial charge in [-0.15, -0.1) is 0 Å². The first-order valence-corrected chi connectivity index (χ1v) is 11.6. The number of benzene rings is 1. The van der Waals surface area contributed by atoms with Crippen molar-refractivity contribution in [2.45, 2.75) is 43.8 Å². The molecule has 3 atom stereocenters. The van der Waals surface area contributed by atoms with Gasteiger partial charge in [-0.25, -0.2) is 4.79 Å². The first-order chi connectivity index (χ1) is 14.9. The van der Waals surface area contributed by atoms with E-state index in [0.717, 1.165) is 5.56 Å². The minimum Gasteiger partial charge on any atom is -0.480 e. The van der Waals surface area contributed by atoms with Crippen molar-refractivity contribution in [1.82, 2.24) is 15.5 Å². The Kier molecular flexibility index (Phi) is 9.80. The van der Waals surface area contributed by atoms with Crippen molar-refractivity contribution in [2.75, 3.05) is 25.1 Å². The number of hydrogen-bond donors (Lipinski definition) is 4. The molecule has 5 N–H and O–H groups in total. The molecule has 9 nitrogen and oxygen atoms in total. The molecule has 1 saturated heterocycles. The van der Waals surface area contributed by atoms with Crippen LogP contribution in [0.4, 0.5) is 0 Å². The van der Waals surface area contributed by atoms with Crippen molar-refractivity contribution in [3.63, 3.8) is 0 Å². The number of nitrogens with one attached hydrogen (secondary N) is 2. The maximum atomic E-state index is 13.1. The van der Waals surface area contributed by atoms with Gasteiger partial charge in [-0.05, 0) is 36.8 Å². The Bertz CT molecular complexity index is 776. The van der Waals surface area contributed by atoms with Gasteiger partial charge in [-0.1, -0.05) is 30.3 Å². The summed E-state index contributed by atoms with van der Waals surface area (Å²) in [7, 11) is 0. The Morgan fingerprint density at radius 3 is 2.52 bits per heavy atom. The van der Waals surface area contributed by atoms with Gasteiger partial charge in [-0.3, -0.25) is 14.4 Å². The monoisotopic (exact) mass is 450 g/mol. The van der Waals surface area contributed by atoms with Crippen LogP contribution in [0.3, 0.4) is 0 Å². The van der Waals surface area contributed by atoms with Crippen LogP contribution in [0, 0.1) is 0 Å². The first-order valence-electron chi connectivity index (χ1n) is 10.2. The Balaban J connectivity index is 2.08. The lowest BCUT2D eigenvalue weighted by atomic mass is 10.1. The Hall–Kier alpha value is -2.59. The van der Waals surface area contributed by atoms with Crippen LogP contribution < -0.4 is 16.4 Å². The molecule has 1 aliphatic rings. The molecule has 0 bridgehead atoms. The molecule has 3 unspecified atom stereocenters. The van der Waals surface area contributed by atoms with Crippen LogP contribution in [0.1, 0.15) is 24.8 Å². The average Bonchev–Trinajstić information content (AvgIpc) is 3.26. The smallest absolute Gasteiger partial charge is 0.326 e. The molecule has 31 heavy (non-hydrogen) atoms. The predicted octanol–water partition coefficient (Wildman–Crippen LogP) is -0.0139. The van der Waals surface area contributed by atoms with Gasteiger partial charge in [0.25, 0.3) is 0 Å². The van der Waals surface area contributed by atoms with E-state index in [4.69, 9.17) is 5.73 Å². The maximum Gasteiger partial charge on any atom is 0.326 e. The van der Waals surface area contributed by atoms with Crippen molar-refractivity contribution in [3.05, 3.63) is 35.9 Å². The summed E-state index contributed by atoms with van der Waals surface area (Å²) in [5.41, 5.74) is 6.15. The number of carbonyl (C=O) groups excluding carboxylic acids is 3. The number of carbonyl (C=O) groups is 4. The van der Waals surface area contributed by atoms with E-state index in [1.54, 1.807) is 36.0 Å². The third-order valence-electron chi connectivity index (χ3n) is 5.17. The summed E-state index contributed by atoms with van der Waals surface area (Å²) in [4.78, 5) is 50.9. The Morgan fingerprint density at radius 2 is 1.90 bits per heavy atom. The third-order valence-corrected chi connectivity index (χ3v) is 5.81. The van der Waals surface area contributed by atoms with E-state index in [1.807, 2.05) is 12.3 Å². The van der Waals surface area contributed by atoms with Crippen LogP contribution in [0.2, 0.25) is 0 Å². The van der Waals surface area contributed by atoms with Gasteiger partial charge in [0.05, 0.1) is 6.54 Å². The van der Waals surface area contributed by atoms with Crippen LogP contribution in [0.15, 0.2) is 30.3 Å². The molecule has 0 radical (unpaired) electrons. The Labute approximate surface area is 186 Å². The zero-order valence-corrected chi connectivity index (χ0v) is 18.4. The summed E-state index contributed by atoms with van der Waals surface area (Å²) in [5.74, 6) is -1.76. The van der Waals surface area contributed by atoms with Crippen molar-refractivity contribution < 1.29 is 24.3 Å². The summed E-state index contributed by atoms with van der Waals surface area (Å²) in [6.07, 6.45) is 3.53. The summed E-state index contributed by atoms with van der Waals surface area (Å²) in [6.45, 7) is 0.147. The second-order valence-electron chi connectivity index (χ2n) is 7.38. The zero-order valence-electron chi connectivity index (χ0n) is 17.6. The molecule has 1 aromatic carbocycles. The predicted molar refractivity (Wildman–Crippen MR) is 118 cm³/mol. The fourth-order valence-electron chi connectivity index (χ4n) is 3.57. The van der Waals surface area contributed by atoms with Crippen LogP contribution in [-0.2, 0) is 25.6 Å². The Morgan fingerprint density at radius 1 is 1.19 bits per heavy atom. The number of carboxylic acids is 1. The number of nitrogens with two attached hydrogens (primary N) is 1. The minimum absolute atomic E-state index is 0.144. The largest absolute Gasteiger partial charge is 0.480 e. The van der Waals surface area contributed by atoms with Gasteiger partial charge in [0.1, 0.15) is 18.1 Å². The van der Waals surface area contributed by atoms with Crippen molar-refractivity contribution in [3.8, 4) is 0 Å². The molecule has 3 amide bonds. The van der Waals surface area contributed by atoms with E-state index in [9.17, 15) is 24.3 Å².